The molecule has 7 heteroatoms. The lowest BCUT2D eigenvalue weighted by Crippen LogP contribution is -2.39. The van der Waals surface area contributed by atoms with Crippen molar-refractivity contribution in [1.82, 2.24) is 9.88 Å². The van der Waals surface area contributed by atoms with Crippen LogP contribution in [0.2, 0.25) is 0 Å². The maximum Gasteiger partial charge on any atom is 0.339 e. The average molecular weight is 376 g/mol. The van der Waals surface area contributed by atoms with Crippen molar-refractivity contribution in [3.63, 3.8) is 0 Å². The summed E-state index contributed by atoms with van der Waals surface area (Å²) < 4.78 is 23.8. The molecule has 0 saturated heterocycles. The third-order valence-corrected chi connectivity index (χ3v) is 4.65. The van der Waals surface area contributed by atoms with Crippen molar-refractivity contribution in [2.45, 2.75) is 26.8 Å². The van der Waals surface area contributed by atoms with Crippen molar-refractivity contribution in [3.8, 4) is 5.75 Å². The zero-order chi connectivity index (χ0) is 20.1. The summed E-state index contributed by atoms with van der Waals surface area (Å²) in [4.78, 5) is 29.5. The van der Waals surface area contributed by atoms with Gasteiger partial charge in [0.2, 0.25) is 0 Å². The Morgan fingerprint density at radius 3 is 2.56 bits per heavy atom. The van der Waals surface area contributed by atoms with E-state index in [-0.39, 0.29) is 18.1 Å². The first-order valence-corrected chi connectivity index (χ1v) is 8.67. The average Bonchev–Trinajstić information content (AvgIpc) is 2.95. The molecule has 0 spiro atoms. The van der Waals surface area contributed by atoms with Crippen LogP contribution in [0.25, 0.3) is 0 Å². The summed E-state index contributed by atoms with van der Waals surface area (Å²) in [6.07, 6.45) is 0. The van der Waals surface area contributed by atoms with Gasteiger partial charge in [-0.1, -0.05) is 12.1 Å². The Kier molecular flexibility index (Phi) is 6.74. The first kappa shape index (κ1) is 20.6. The van der Waals surface area contributed by atoms with Gasteiger partial charge < -0.3 is 14.5 Å². The second-order valence-electron chi connectivity index (χ2n) is 6.42. The molecular formula is C20H25FN2O4. The molecule has 0 bridgehead atoms. The van der Waals surface area contributed by atoms with E-state index in [1.807, 2.05) is 4.90 Å². The number of H-pyrrole nitrogens is 1. The minimum absolute atomic E-state index is 0.140. The van der Waals surface area contributed by atoms with Gasteiger partial charge in [0.05, 0.1) is 24.4 Å². The van der Waals surface area contributed by atoms with Crippen LogP contribution in [-0.2, 0) is 4.74 Å². The molecule has 0 amide bonds. The van der Waals surface area contributed by atoms with Crippen LogP contribution in [0, 0.1) is 19.7 Å². The highest BCUT2D eigenvalue weighted by Gasteiger charge is 2.27. The van der Waals surface area contributed by atoms with Crippen molar-refractivity contribution in [1.29, 1.82) is 0 Å². The third-order valence-electron chi connectivity index (χ3n) is 4.65. The van der Waals surface area contributed by atoms with Crippen molar-refractivity contribution in [2.75, 3.05) is 27.3 Å². The van der Waals surface area contributed by atoms with E-state index in [0.717, 1.165) is 0 Å². The van der Waals surface area contributed by atoms with E-state index in [4.69, 9.17) is 9.47 Å². The van der Waals surface area contributed by atoms with Gasteiger partial charge in [0, 0.05) is 12.2 Å². The third kappa shape index (κ3) is 4.54. The highest BCUT2D eigenvalue weighted by Crippen LogP contribution is 2.21. The molecule has 2 aromatic rings. The van der Waals surface area contributed by atoms with Gasteiger partial charge in [-0.25, -0.2) is 9.18 Å². The predicted molar refractivity (Wildman–Crippen MR) is 99.9 cm³/mol. The van der Waals surface area contributed by atoms with E-state index in [0.29, 0.717) is 29.1 Å². The van der Waals surface area contributed by atoms with Crippen molar-refractivity contribution in [3.05, 3.63) is 52.6 Å². The minimum atomic E-state index is -0.473. The van der Waals surface area contributed by atoms with Gasteiger partial charge in [0.25, 0.3) is 0 Å². The summed E-state index contributed by atoms with van der Waals surface area (Å²) in [6.45, 7) is 5.90. The number of hydrogen-bond donors (Lipinski definition) is 1. The second kappa shape index (κ2) is 8.81. The number of aryl methyl sites for hydroxylation is 1. The molecule has 1 N–H and O–H groups in total. The van der Waals surface area contributed by atoms with Crippen molar-refractivity contribution < 1.29 is 23.5 Å². The number of halogens is 1. The summed E-state index contributed by atoms with van der Waals surface area (Å²) in [5.74, 6) is -0.848. The molecule has 1 aromatic heterocycles. The van der Waals surface area contributed by atoms with Crippen LogP contribution >= 0.6 is 0 Å². The van der Waals surface area contributed by atoms with Gasteiger partial charge in [-0.05, 0) is 45.5 Å². The monoisotopic (exact) mass is 376 g/mol. The lowest BCUT2D eigenvalue weighted by molar-refractivity contribution is 0.0599. The number of nitrogens with zero attached hydrogens (tertiary/aromatic N) is 1. The number of rotatable bonds is 8. The number of likely N-dealkylation sites (N-methyl/N-ethyl adjacent to an activating group) is 1. The fourth-order valence-corrected chi connectivity index (χ4v) is 2.87. The molecule has 2 rings (SSSR count). The smallest absolute Gasteiger partial charge is 0.339 e. The number of benzene rings is 1. The number of carbonyl (C=O) groups excluding carboxylic acids is 2. The molecule has 0 radical (unpaired) electrons. The minimum Gasteiger partial charge on any atom is -0.489 e. The van der Waals surface area contributed by atoms with Crippen molar-refractivity contribution >= 4 is 11.8 Å². The zero-order valence-corrected chi connectivity index (χ0v) is 16.3. The molecule has 0 aliphatic rings. The van der Waals surface area contributed by atoms with E-state index >= 15 is 0 Å². The molecule has 1 heterocycles. The van der Waals surface area contributed by atoms with Crippen LogP contribution in [0.1, 0.15) is 39.0 Å². The first-order valence-electron chi connectivity index (χ1n) is 8.67. The molecule has 0 saturated carbocycles. The SMILES string of the molecule is COC(=O)c1c(C)[nH]c(C(=O)[C@@H](C)N(C)CCOc2ccccc2F)c1C. The number of ether oxygens (including phenoxy) is 2. The number of methoxy groups -OCH3 is 1. The number of Topliss-reactive ketones (excluding diaryl/α,β-unsaturated/α-hetero) is 1. The van der Waals surface area contributed by atoms with Gasteiger partial charge in [-0.3, -0.25) is 9.69 Å². The zero-order valence-electron chi connectivity index (χ0n) is 16.3. The number of hydrogen-bond acceptors (Lipinski definition) is 5. The Hall–Kier alpha value is -2.67. The number of aromatic amines is 1. The lowest BCUT2D eigenvalue weighted by atomic mass is 10.0. The van der Waals surface area contributed by atoms with Gasteiger partial charge in [0.1, 0.15) is 6.61 Å². The van der Waals surface area contributed by atoms with Crippen LogP contribution < -0.4 is 4.74 Å². The Morgan fingerprint density at radius 1 is 1.26 bits per heavy atom. The first-order chi connectivity index (χ1) is 12.8. The Morgan fingerprint density at radius 2 is 1.93 bits per heavy atom. The Bertz CT molecular complexity index is 831. The Labute approximate surface area is 158 Å². The topological polar surface area (TPSA) is 71.6 Å². The van der Waals surface area contributed by atoms with Crippen LogP contribution in [0.3, 0.4) is 0 Å². The van der Waals surface area contributed by atoms with E-state index in [1.165, 1.54) is 13.2 Å². The number of aromatic nitrogens is 1. The molecular weight excluding hydrogens is 351 g/mol. The van der Waals surface area contributed by atoms with Crippen LogP contribution in [0.4, 0.5) is 4.39 Å². The van der Waals surface area contributed by atoms with E-state index < -0.39 is 17.8 Å². The highest BCUT2D eigenvalue weighted by atomic mass is 19.1. The van der Waals surface area contributed by atoms with Crippen LogP contribution in [0.15, 0.2) is 24.3 Å². The molecule has 0 unspecified atom stereocenters. The summed E-state index contributed by atoms with van der Waals surface area (Å²) in [5, 5.41) is 0. The fourth-order valence-electron chi connectivity index (χ4n) is 2.87. The Balaban J connectivity index is 2.02. The number of carbonyl (C=O) groups is 2. The maximum atomic E-state index is 13.6. The summed E-state index contributed by atoms with van der Waals surface area (Å²) in [7, 11) is 3.10. The van der Waals surface area contributed by atoms with E-state index in [1.54, 1.807) is 46.0 Å². The molecule has 146 valence electrons. The fraction of sp³-hybridized carbons (Fsp3) is 0.400. The molecule has 27 heavy (non-hydrogen) atoms. The number of ketones is 1. The standard InChI is InChI=1S/C20H25FN2O4/c1-12-17(20(25)26-5)13(2)22-18(12)19(24)14(3)23(4)10-11-27-16-9-7-6-8-15(16)21/h6-9,14,22H,10-11H2,1-5H3/t14-/m1/s1. The predicted octanol–water partition coefficient (Wildman–Crippen LogP) is 3.14. The van der Waals surface area contributed by atoms with Gasteiger partial charge in [-0.2, -0.15) is 0 Å². The number of nitrogens with one attached hydrogen (secondary N) is 1. The van der Waals surface area contributed by atoms with Gasteiger partial charge in [0.15, 0.2) is 17.3 Å². The number of esters is 1. The van der Waals surface area contributed by atoms with Crippen LogP contribution in [0.5, 0.6) is 5.75 Å². The maximum absolute atomic E-state index is 13.6. The second-order valence-corrected chi connectivity index (χ2v) is 6.42. The molecule has 0 aliphatic heterocycles. The van der Waals surface area contributed by atoms with E-state index in [9.17, 15) is 14.0 Å². The normalized spacial score (nSPS) is 12.1. The lowest BCUT2D eigenvalue weighted by Gasteiger charge is -2.23. The van der Waals surface area contributed by atoms with Gasteiger partial charge >= 0.3 is 5.97 Å². The quantitative estimate of drug-likeness (QED) is 0.566. The molecule has 0 aliphatic carbocycles. The molecule has 0 fully saturated rings. The summed E-state index contributed by atoms with van der Waals surface area (Å²) in [5.41, 5.74) is 1.95. The molecule has 1 aromatic carbocycles. The molecule has 6 nitrogen and oxygen atoms in total. The van der Waals surface area contributed by atoms with Gasteiger partial charge in [-0.15, -0.1) is 0 Å². The van der Waals surface area contributed by atoms with Crippen molar-refractivity contribution in [2.24, 2.45) is 0 Å². The van der Waals surface area contributed by atoms with Crippen LogP contribution in [-0.4, -0.2) is 55.0 Å². The van der Waals surface area contributed by atoms with E-state index in [2.05, 4.69) is 4.98 Å². The molecule has 1 atom stereocenters. The summed E-state index contributed by atoms with van der Waals surface area (Å²) in [6, 6.07) is 5.74. The summed E-state index contributed by atoms with van der Waals surface area (Å²) >= 11 is 0. The highest BCUT2D eigenvalue weighted by molar-refractivity contribution is 6.03. The largest absolute Gasteiger partial charge is 0.489 e. The number of para-hydroxylation sites is 1.